The maximum absolute atomic E-state index is 12.9. The van der Waals surface area contributed by atoms with Gasteiger partial charge in [-0.05, 0) is 50.7 Å². The third kappa shape index (κ3) is 3.44. The average molecular weight is 354 g/mol. The summed E-state index contributed by atoms with van der Waals surface area (Å²) in [5.41, 5.74) is 3.52. The summed E-state index contributed by atoms with van der Waals surface area (Å²) < 4.78 is 0. The Morgan fingerprint density at radius 1 is 1.15 bits per heavy atom. The number of piperidine rings is 1. The van der Waals surface area contributed by atoms with E-state index in [1.54, 1.807) is 0 Å². The number of aromatic amines is 1. The molecule has 0 bridgehead atoms. The summed E-state index contributed by atoms with van der Waals surface area (Å²) in [4.78, 5) is 29.6. The van der Waals surface area contributed by atoms with Gasteiger partial charge in [0.1, 0.15) is 5.69 Å². The van der Waals surface area contributed by atoms with Gasteiger partial charge in [0.2, 0.25) is 0 Å². The van der Waals surface area contributed by atoms with Gasteiger partial charge in [0.25, 0.3) is 5.91 Å². The number of amides is 1. The molecule has 0 aliphatic carbocycles. The van der Waals surface area contributed by atoms with Crippen LogP contribution in [0.15, 0.2) is 30.3 Å². The van der Waals surface area contributed by atoms with Crippen molar-refractivity contribution >= 4 is 11.7 Å². The zero-order chi connectivity index (χ0) is 18.8. The maximum Gasteiger partial charge on any atom is 0.270 e. The Morgan fingerprint density at radius 2 is 1.77 bits per heavy atom. The lowest BCUT2D eigenvalue weighted by molar-refractivity contribution is 0.0458. The number of carbonyl (C=O) groups excluding carboxylic acids is 2. The van der Waals surface area contributed by atoms with Gasteiger partial charge in [0.05, 0.1) is 6.10 Å². The number of nitrogens with zero attached hydrogens (tertiary/aromatic N) is 1. The molecule has 1 fully saturated rings. The zero-order valence-corrected chi connectivity index (χ0v) is 15.6. The van der Waals surface area contributed by atoms with Crippen LogP contribution in [0.5, 0.6) is 0 Å². The van der Waals surface area contributed by atoms with Gasteiger partial charge in [0, 0.05) is 24.3 Å². The molecule has 1 amide bonds. The molecule has 3 rings (SSSR count). The number of aliphatic hydroxyl groups excluding tert-OH is 1. The van der Waals surface area contributed by atoms with E-state index in [9.17, 15) is 14.7 Å². The van der Waals surface area contributed by atoms with Crippen LogP contribution in [0.4, 0.5) is 0 Å². The Hall–Kier alpha value is -2.40. The molecule has 5 nitrogen and oxygen atoms in total. The SMILES string of the molecule is CC(=O)c1c(C)[nH]c(C(=O)N2CCC(C(O)c3ccccc3)CC2)c1C. The van der Waals surface area contributed by atoms with Gasteiger partial charge in [-0.1, -0.05) is 30.3 Å². The Labute approximate surface area is 154 Å². The lowest BCUT2D eigenvalue weighted by Crippen LogP contribution is -2.40. The highest BCUT2D eigenvalue weighted by Gasteiger charge is 2.30. The number of carbonyl (C=O) groups is 2. The summed E-state index contributed by atoms with van der Waals surface area (Å²) in [7, 11) is 0. The van der Waals surface area contributed by atoms with E-state index in [2.05, 4.69) is 4.98 Å². The summed E-state index contributed by atoms with van der Waals surface area (Å²) in [5, 5.41) is 10.6. The van der Waals surface area contributed by atoms with Crippen LogP contribution in [0.25, 0.3) is 0 Å². The lowest BCUT2D eigenvalue weighted by atomic mass is 9.87. The number of likely N-dealkylation sites (tertiary alicyclic amines) is 1. The highest BCUT2D eigenvalue weighted by molar-refractivity contribution is 6.02. The topological polar surface area (TPSA) is 73.4 Å². The van der Waals surface area contributed by atoms with Gasteiger partial charge < -0.3 is 15.0 Å². The van der Waals surface area contributed by atoms with E-state index < -0.39 is 6.10 Å². The Morgan fingerprint density at radius 3 is 2.31 bits per heavy atom. The van der Waals surface area contributed by atoms with Crippen LogP contribution in [-0.2, 0) is 0 Å². The van der Waals surface area contributed by atoms with Gasteiger partial charge in [-0.15, -0.1) is 0 Å². The highest BCUT2D eigenvalue weighted by Crippen LogP contribution is 2.31. The van der Waals surface area contributed by atoms with Crippen LogP contribution in [0.1, 0.15) is 63.5 Å². The molecule has 5 heteroatoms. The third-order valence-corrected chi connectivity index (χ3v) is 5.42. The van der Waals surface area contributed by atoms with Crippen molar-refractivity contribution in [3.63, 3.8) is 0 Å². The first kappa shape index (κ1) is 18.4. The first-order valence-corrected chi connectivity index (χ1v) is 9.12. The molecule has 138 valence electrons. The Kier molecular flexibility index (Phi) is 5.28. The molecule has 1 aliphatic heterocycles. The molecule has 0 spiro atoms. The molecule has 0 radical (unpaired) electrons. The lowest BCUT2D eigenvalue weighted by Gasteiger charge is -2.34. The second-order valence-electron chi connectivity index (χ2n) is 7.17. The summed E-state index contributed by atoms with van der Waals surface area (Å²) in [6, 6.07) is 9.68. The van der Waals surface area contributed by atoms with Gasteiger partial charge in [-0.25, -0.2) is 0 Å². The van der Waals surface area contributed by atoms with Crippen LogP contribution in [0.3, 0.4) is 0 Å². The van der Waals surface area contributed by atoms with Crippen molar-refractivity contribution in [1.29, 1.82) is 0 Å². The molecule has 1 atom stereocenters. The van der Waals surface area contributed by atoms with Crippen molar-refractivity contribution in [3.05, 3.63) is 58.4 Å². The highest BCUT2D eigenvalue weighted by atomic mass is 16.3. The van der Waals surface area contributed by atoms with Crippen molar-refractivity contribution in [1.82, 2.24) is 9.88 Å². The minimum atomic E-state index is -0.493. The first-order chi connectivity index (χ1) is 12.4. The second kappa shape index (κ2) is 7.46. The number of aliphatic hydroxyl groups is 1. The molecule has 1 unspecified atom stereocenters. The molecule has 0 saturated carbocycles. The molecule has 2 aromatic rings. The van der Waals surface area contributed by atoms with E-state index in [0.717, 1.165) is 29.7 Å². The van der Waals surface area contributed by atoms with Gasteiger partial charge in [-0.2, -0.15) is 0 Å². The fraction of sp³-hybridized carbons (Fsp3) is 0.429. The van der Waals surface area contributed by atoms with Crippen molar-refractivity contribution < 1.29 is 14.7 Å². The summed E-state index contributed by atoms with van der Waals surface area (Å²) in [6.45, 7) is 6.39. The molecule has 1 aliphatic rings. The Bertz CT molecular complexity index is 802. The van der Waals surface area contributed by atoms with Crippen molar-refractivity contribution in [2.75, 3.05) is 13.1 Å². The number of nitrogens with one attached hydrogen (secondary N) is 1. The zero-order valence-electron chi connectivity index (χ0n) is 15.6. The summed E-state index contributed by atoms with van der Waals surface area (Å²) in [6.07, 6.45) is 1.03. The number of aryl methyl sites for hydroxylation is 1. The van der Waals surface area contributed by atoms with E-state index in [0.29, 0.717) is 24.3 Å². The quantitative estimate of drug-likeness (QED) is 0.826. The number of benzene rings is 1. The van der Waals surface area contributed by atoms with E-state index in [1.165, 1.54) is 6.92 Å². The maximum atomic E-state index is 12.9. The number of hydrogen-bond acceptors (Lipinski definition) is 3. The number of Topliss-reactive ketones (excluding diaryl/α,β-unsaturated/α-hetero) is 1. The van der Waals surface area contributed by atoms with Gasteiger partial charge in [0.15, 0.2) is 5.78 Å². The number of hydrogen-bond donors (Lipinski definition) is 2. The van der Waals surface area contributed by atoms with E-state index >= 15 is 0 Å². The molecule has 1 saturated heterocycles. The van der Waals surface area contributed by atoms with Crippen molar-refractivity contribution in [2.24, 2.45) is 5.92 Å². The van der Waals surface area contributed by atoms with Crippen molar-refractivity contribution in [2.45, 2.75) is 39.7 Å². The monoisotopic (exact) mass is 354 g/mol. The fourth-order valence-electron chi connectivity index (χ4n) is 3.99. The number of rotatable bonds is 4. The third-order valence-electron chi connectivity index (χ3n) is 5.42. The predicted octanol–water partition coefficient (Wildman–Crippen LogP) is 3.42. The molecule has 1 aromatic heterocycles. The van der Waals surface area contributed by atoms with Gasteiger partial charge >= 0.3 is 0 Å². The van der Waals surface area contributed by atoms with Gasteiger partial charge in [-0.3, -0.25) is 9.59 Å². The first-order valence-electron chi connectivity index (χ1n) is 9.12. The number of ketones is 1. The average Bonchev–Trinajstić information content (AvgIpc) is 2.95. The molecular weight excluding hydrogens is 328 g/mol. The minimum absolute atomic E-state index is 0.0278. The van der Waals surface area contributed by atoms with Crippen molar-refractivity contribution in [3.8, 4) is 0 Å². The van der Waals surface area contributed by atoms with E-state index in [-0.39, 0.29) is 17.6 Å². The van der Waals surface area contributed by atoms with Crippen LogP contribution < -0.4 is 0 Å². The summed E-state index contributed by atoms with van der Waals surface area (Å²) in [5.74, 6) is 0.0615. The number of aromatic nitrogens is 1. The smallest absolute Gasteiger partial charge is 0.270 e. The second-order valence-corrected chi connectivity index (χ2v) is 7.17. The fourth-order valence-corrected chi connectivity index (χ4v) is 3.99. The van der Waals surface area contributed by atoms with Crippen LogP contribution in [0, 0.1) is 19.8 Å². The minimum Gasteiger partial charge on any atom is -0.388 e. The molecular formula is C21H26N2O3. The molecule has 2 heterocycles. The molecule has 2 N–H and O–H groups in total. The van der Waals surface area contributed by atoms with Crippen LogP contribution >= 0.6 is 0 Å². The van der Waals surface area contributed by atoms with E-state index in [4.69, 9.17) is 0 Å². The standard InChI is InChI=1S/C21H26N2O3/c1-13-18(15(3)24)14(2)22-19(13)21(26)23-11-9-17(10-12-23)20(25)16-7-5-4-6-8-16/h4-8,17,20,22,25H,9-12H2,1-3H3. The Balaban J connectivity index is 1.68. The predicted molar refractivity (Wildman–Crippen MR) is 100 cm³/mol. The number of H-pyrrole nitrogens is 1. The summed E-state index contributed by atoms with van der Waals surface area (Å²) >= 11 is 0. The van der Waals surface area contributed by atoms with Crippen LogP contribution in [-0.4, -0.2) is 39.8 Å². The normalized spacial score (nSPS) is 16.5. The molecule has 1 aromatic carbocycles. The van der Waals surface area contributed by atoms with Crippen LogP contribution in [0.2, 0.25) is 0 Å². The largest absolute Gasteiger partial charge is 0.388 e. The molecule has 26 heavy (non-hydrogen) atoms. The van der Waals surface area contributed by atoms with E-state index in [1.807, 2.05) is 49.1 Å².